The first-order chi connectivity index (χ1) is 17.6. The van der Waals surface area contributed by atoms with Gasteiger partial charge >= 0.3 is 0 Å². The van der Waals surface area contributed by atoms with Gasteiger partial charge in [0.2, 0.25) is 5.91 Å². The van der Waals surface area contributed by atoms with Crippen molar-refractivity contribution in [1.82, 2.24) is 15.1 Å². The first-order valence-electron chi connectivity index (χ1n) is 12.6. The van der Waals surface area contributed by atoms with Crippen molar-refractivity contribution in [3.63, 3.8) is 0 Å². The van der Waals surface area contributed by atoms with E-state index in [2.05, 4.69) is 5.32 Å². The number of Topliss-reactive ketones (excluding diaryl/α,β-unsaturated/α-hetero) is 1. The third-order valence-corrected chi connectivity index (χ3v) is 7.04. The molecule has 3 atom stereocenters. The van der Waals surface area contributed by atoms with Gasteiger partial charge in [0.1, 0.15) is 17.8 Å². The molecule has 37 heavy (non-hydrogen) atoms. The minimum atomic E-state index is -0.783. The average molecular weight is 507 g/mol. The van der Waals surface area contributed by atoms with Crippen molar-refractivity contribution in [3.8, 4) is 5.75 Å². The highest BCUT2D eigenvalue weighted by atomic mass is 16.3. The zero-order chi connectivity index (χ0) is 26.9. The average Bonchev–Trinajstić information content (AvgIpc) is 3.44. The molecule has 3 amide bonds. The number of hydrogen-bond donors (Lipinski definition) is 2. The number of phenols is 1. The van der Waals surface area contributed by atoms with Crippen LogP contribution in [0.1, 0.15) is 47.4 Å². The summed E-state index contributed by atoms with van der Waals surface area (Å²) in [6.07, 6.45) is 0.916. The van der Waals surface area contributed by atoms with Gasteiger partial charge in [-0.1, -0.05) is 13.8 Å². The zero-order valence-electron chi connectivity index (χ0n) is 21.7. The number of ketones is 1. The molecule has 2 fully saturated rings. The van der Waals surface area contributed by atoms with Gasteiger partial charge in [-0.3, -0.25) is 19.2 Å². The van der Waals surface area contributed by atoms with Crippen LogP contribution in [0.25, 0.3) is 0 Å². The normalized spacial score (nSPS) is 19.6. The molecule has 3 unspecified atom stereocenters. The summed E-state index contributed by atoms with van der Waals surface area (Å²) >= 11 is 0. The van der Waals surface area contributed by atoms with Crippen LogP contribution < -0.4 is 10.2 Å². The number of phenolic OH excluding ortho intramolecular Hbond substituents is 1. The fourth-order valence-electron chi connectivity index (χ4n) is 5.15. The number of carbonyl (C=O) groups excluding carboxylic acids is 4. The molecule has 4 rings (SSSR count). The number of nitrogens with one attached hydrogen (secondary N) is 1. The molecule has 0 spiro atoms. The molecular weight excluding hydrogens is 472 g/mol. The Bertz CT molecular complexity index is 1180. The first-order valence-corrected chi connectivity index (χ1v) is 12.6. The molecule has 0 aromatic heterocycles. The molecule has 2 saturated heterocycles. The van der Waals surface area contributed by atoms with Gasteiger partial charge < -0.3 is 25.1 Å². The van der Waals surface area contributed by atoms with Gasteiger partial charge in [-0.25, -0.2) is 0 Å². The van der Waals surface area contributed by atoms with E-state index in [0.717, 1.165) is 5.69 Å². The number of carbonyl (C=O) groups is 4. The highest BCUT2D eigenvalue weighted by Gasteiger charge is 2.52. The number of nitrogens with zero attached hydrogens (tertiary/aromatic N) is 3. The van der Waals surface area contributed by atoms with Gasteiger partial charge in [-0.15, -0.1) is 0 Å². The Hall–Kier alpha value is -3.88. The van der Waals surface area contributed by atoms with Crippen LogP contribution in [0.3, 0.4) is 0 Å². The van der Waals surface area contributed by atoms with E-state index in [-0.39, 0.29) is 41.7 Å². The molecule has 0 saturated carbocycles. The predicted molar refractivity (Wildman–Crippen MR) is 140 cm³/mol. The number of fused-ring (bicyclic) bond motifs is 1. The number of amides is 3. The van der Waals surface area contributed by atoms with Crippen LogP contribution in [0.15, 0.2) is 48.5 Å². The van der Waals surface area contributed by atoms with Crippen molar-refractivity contribution < 1.29 is 24.3 Å². The van der Waals surface area contributed by atoms with Crippen LogP contribution in [0.4, 0.5) is 5.69 Å². The van der Waals surface area contributed by atoms with E-state index in [1.165, 1.54) is 29.2 Å². The standard InChI is InChI=1S/C28H34N4O5/c1-17(2)15-22(29-26(35)18-5-9-20(10-6-18)30(3)4)28(37)31-14-13-23-25(31)24(34)16-32(23)27(36)19-7-11-21(33)12-8-19/h5-12,17,22-23,25,33H,13-16H2,1-4H3,(H,29,35). The molecule has 9 nitrogen and oxygen atoms in total. The van der Waals surface area contributed by atoms with Crippen molar-refractivity contribution in [3.05, 3.63) is 59.7 Å². The Kier molecular flexibility index (Phi) is 7.52. The minimum absolute atomic E-state index is 0.0523. The summed E-state index contributed by atoms with van der Waals surface area (Å²) in [6, 6.07) is 11.1. The molecule has 0 radical (unpaired) electrons. The SMILES string of the molecule is CC(C)CC(NC(=O)c1ccc(N(C)C)cc1)C(=O)N1CCC2C1C(=O)CN2C(=O)c1ccc(O)cc1. The maximum Gasteiger partial charge on any atom is 0.254 e. The van der Waals surface area contributed by atoms with Crippen LogP contribution in [-0.2, 0) is 9.59 Å². The monoisotopic (exact) mass is 506 g/mol. The molecule has 2 aromatic carbocycles. The number of anilines is 1. The van der Waals surface area contributed by atoms with Gasteiger partial charge in [-0.2, -0.15) is 0 Å². The lowest BCUT2D eigenvalue weighted by molar-refractivity contribution is -0.138. The lowest BCUT2D eigenvalue weighted by atomic mass is 10.0. The number of hydrogen-bond acceptors (Lipinski definition) is 6. The van der Waals surface area contributed by atoms with Crippen LogP contribution >= 0.6 is 0 Å². The van der Waals surface area contributed by atoms with Crippen molar-refractivity contribution in [2.24, 2.45) is 5.92 Å². The van der Waals surface area contributed by atoms with E-state index >= 15 is 0 Å². The molecule has 2 aliphatic rings. The maximum atomic E-state index is 13.7. The molecule has 0 aliphatic carbocycles. The fourth-order valence-corrected chi connectivity index (χ4v) is 5.15. The second-order valence-corrected chi connectivity index (χ2v) is 10.4. The zero-order valence-corrected chi connectivity index (χ0v) is 21.7. The molecule has 2 aromatic rings. The van der Waals surface area contributed by atoms with Crippen molar-refractivity contribution in [2.45, 2.75) is 44.8 Å². The second kappa shape index (κ2) is 10.6. The Morgan fingerprint density at radius 2 is 1.62 bits per heavy atom. The van der Waals surface area contributed by atoms with E-state index in [0.29, 0.717) is 30.5 Å². The van der Waals surface area contributed by atoms with E-state index in [9.17, 15) is 24.3 Å². The number of aromatic hydroxyl groups is 1. The highest BCUT2D eigenvalue weighted by Crippen LogP contribution is 2.32. The summed E-state index contributed by atoms with van der Waals surface area (Å²) in [6.45, 7) is 4.22. The van der Waals surface area contributed by atoms with Gasteiger partial charge in [-0.05, 0) is 67.3 Å². The molecular formula is C28H34N4O5. The Morgan fingerprint density at radius 3 is 2.22 bits per heavy atom. The van der Waals surface area contributed by atoms with Crippen LogP contribution in [-0.4, -0.2) is 83.7 Å². The number of rotatable bonds is 7. The molecule has 196 valence electrons. The molecule has 0 bridgehead atoms. The van der Waals surface area contributed by atoms with Crippen LogP contribution in [0.5, 0.6) is 5.75 Å². The topological polar surface area (TPSA) is 110 Å². The van der Waals surface area contributed by atoms with Gasteiger partial charge in [0, 0.05) is 37.5 Å². The largest absolute Gasteiger partial charge is 0.508 e. The summed E-state index contributed by atoms with van der Waals surface area (Å²) in [5.74, 6) is -0.944. The fraction of sp³-hybridized carbons (Fsp3) is 0.429. The van der Waals surface area contributed by atoms with E-state index < -0.39 is 18.1 Å². The Morgan fingerprint density at radius 1 is 1.00 bits per heavy atom. The number of benzene rings is 2. The summed E-state index contributed by atoms with van der Waals surface area (Å²) in [4.78, 5) is 57.8. The quantitative estimate of drug-likeness (QED) is 0.596. The number of likely N-dealkylation sites (tertiary alicyclic amines) is 2. The minimum Gasteiger partial charge on any atom is -0.508 e. The first kappa shape index (κ1) is 26.2. The molecule has 2 N–H and O–H groups in total. The second-order valence-electron chi connectivity index (χ2n) is 10.4. The molecule has 9 heteroatoms. The van der Waals surface area contributed by atoms with Crippen molar-refractivity contribution >= 4 is 29.2 Å². The smallest absolute Gasteiger partial charge is 0.254 e. The lowest BCUT2D eigenvalue weighted by Gasteiger charge is -2.29. The lowest BCUT2D eigenvalue weighted by Crippen LogP contribution is -2.53. The highest BCUT2D eigenvalue weighted by molar-refractivity contribution is 6.03. The molecule has 2 aliphatic heterocycles. The van der Waals surface area contributed by atoms with Crippen molar-refractivity contribution in [1.29, 1.82) is 0 Å². The summed E-state index contributed by atoms with van der Waals surface area (Å²) in [5.41, 5.74) is 1.79. The van der Waals surface area contributed by atoms with Gasteiger partial charge in [0.15, 0.2) is 5.78 Å². The summed E-state index contributed by atoms with van der Waals surface area (Å²) < 4.78 is 0. The van der Waals surface area contributed by atoms with Crippen LogP contribution in [0, 0.1) is 5.92 Å². The third kappa shape index (κ3) is 5.45. The Labute approximate surface area is 217 Å². The van der Waals surface area contributed by atoms with E-state index in [1.807, 2.05) is 45.0 Å². The van der Waals surface area contributed by atoms with Crippen LogP contribution in [0.2, 0.25) is 0 Å². The molecule has 2 heterocycles. The van der Waals surface area contributed by atoms with Gasteiger partial charge in [0.05, 0.1) is 12.6 Å². The summed E-state index contributed by atoms with van der Waals surface area (Å²) in [7, 11) is 3.83. The van der Waals surface area contributed by atoms with E-state index in [1.54, 1.807) is 17.0 Å². The van der Waals surface area contributed by atoms with Gasteiger partial charge in [0.25, 0.3) is 11.8 Å². The Balaban J connectivity index is 1.49. The van der Waals surface area contributed by atoms with E-state index in [4.69, 9.17) is 0 Å². The van der Waals surface area contributed by atoms with Crippen molar-refractivity contribution in [2.75, 3.05) is 32.1 Å². The summed E-state index contributed by atoms with van der Waals surface area (Å²) in [5, 5.41) is 12.4. The predicted octanol–water partition coefficient (Wildman–Crippen LogP) is 2.30. The maximum absolute atomic E-state index is 13.7. The third-order valence-electron chi connectivity index (χ3n) is 7.04.